The highest BCUT2D eigenvalue weighted by atomic mass is 32.1. The Morgan fingerprint density at radius 3 is 2.11 bits per heavy atom. The second-order valence-corrected chi connectivity index (χ2v) is 4.23. The van der Waals surface area contributed by atoms with Crippen LogP contribution in [-0.2, 0) is 0 Å². The number of thiocarbonyl (C=S) groups is 1. The van der Waals surface area contributed by atoms with Crippen LogP contribution in [0, 0.1) is 0 Å². The maximum Gasteiger partial charge on any atom is 0.189 e. The fourth-order valence-corrected chi connectivity index (χ4v) is 1.80. The van der Waals surface area contributed by atoms with Gasteiger partial charge in [0.25, 0.3) is 0 Å². The van der Waals surface area contributed by atoms with Gasteiger partial charge in [-0.2, -0.15) is 0 Å². The highest BCUT2D eigenvalue weighted by molar-refractivity contribution is 7.80. The van der Waals surface area contributed by atoms with E-state index in [0.29, 0.717) is 5.11 Å². The number of anilines is 2. The summed E-state index contributed by atoms with van der Waals surface area (Å²) in [5.74, 6) is 0. The summed E-state index contributed by atoms with van der Waals surface area (Å²) in [5.41, 5.74) is 5.12. The van der Waals surface area contributed by atoms with Gasteiger partial charge in [-0.05, 0) is 36.5 Å². The summed E-state index contributed by atoms with van der Waals surface area (Å²) in [5, 5.41) is 5.56. The maximum absolute atomic E-state index is 5.25. The van der Waals surface area contributed by atoms with E-state index in [4.69, 9.17) is 12.2 Å². The molecule has 0 fully saturated rings. The molecule has 0 heterocycles. The topological polar surface area (TPSA) is 27.3 Å². The molecule has 0 radical (unpaired) electrons. The first-order valence-corrected chi connectivity index (χ1v) is 6.08. The molecule has 0 aliphatic carbocycles. The van der Waals surface area contributed by atoms with Gasteiger partial charge in [-0.3, -0.25) is 10.4 Å². The summed E-state index contributed by atoms with van der Waals surface area (Å²) < 4.78 is 0. The minimum Gasteiger partial charge on any atom is -0.331 e. The van der Waals surface area contributed by atoms with Gasteiger partial charge >= 0.3 is 0 Å². The minimum atomic E-state index is 0.563. The third kappa shape index (κ3) is 3.46. The van der Waals surface area contributed by atoms with Gasteiger partial charge in [0.15, 0.2) is 5.11 Å². The van der Waals surface area contributed by atoms with E-state index in [9.17, 15) is 0 Å². The van der Waals surface area contributed by atoms with Crippen molar-refractivity contribution in [1.29, 1.82) is 0 Å². The molecule has 0 aliphatic heterocycles. The molecule has 0 saturated heterocycles. The number of nitrogens with one attached hydrogen (secondary N) is 2. The predicted molar refractivity (Wildman–Crippen MR) is 80.6 cm³/mol. The van der Waals surface area contributed by atoms with E-state index in [1.807, 2.05) is 72.7 Å². The zero-order valence-electron chi connectivity index (χ0n) is 10.1. The Balaban J connectivity index is 1.92. The molecule has 0 saturated carbocycles. The van der Waals surface area contributed by atoms with E-state index >= 15 is 0 Å². The average molecular weight is 257 g/mol. The Morgan fingerprint density at radius 2 is 1.50 bits per heavy atom. The van der Waals surface area contributed by atoms with E-state index in [0.717, 1.165) is 11.4 Å². The van der Waals surface area contributed by atoms with Crippen LogP contribution in [0.4, 0.5) is 11.4 Å². The summed E-state index contributed by atoms with van der Waals surface area (Å²) in [6, 6.07) is 19.8. The number of hydrazine groups is 1. The summed E-state index contributed by atoms with van der Waals surface area (Å²) in [6.45, 7) is 0. The van der Waals surface area contributed by atoms with Crippen molar-refractivity contribution in [2.75, 3.05) is 17.4 Å². The van der Waals surface area contributed by atoms with Gasteiger partial charge in [-0.1, -0.05) is 36.4 Å². The number of nitrogens with zero attached hydrogens (tertiary/aromatic N) is 1. The van der Waals surface area contributed by atoms with Crippen molar-refractivity contribution in [2.24, 2.45) is 0 Å². The molecule has 2 rings (SSSR count). The van der Waals surface area contributed by atoms with Gasteiger partial charge in [-0.15, -0.1) is 0 Å². The van der Waals surface area contributed by atoms with Crippen molar-refractivity contribution < 1.29 is 0 Å². The Morgan fingerprint density at radius 1 is 0.944 bits per heavy atom. The molecule has 92 valence electrons. The Bertz CT molecular complexity index is 499. The highest BCUT2D eigenvalue weighted by Gasteiger charge is 2.02. The fraction of sp³-hybridized carbons (Fsp3) is 0.0714. The molecule has 18 heavy (non-hydrogen) atoms. The van der Waals surface area contributed by atoms with Crippen molar-refractivity contribution in [2.45, 2.75) is 0 Å². The molecule has 2 aromatic rings. The molecular formula is C14H15N3S. The number of hydrogen-bond donors (Lipinski definition) is 2. The molecule has 0 amide bonds. The standard InChI is InChI=1S/C14H15N3S/c1-17(13-10-6-3-7-11-13)16-14(18)15-12-8-4-2-5-9-12/h2-11H,1H3,(H2,15,16,18). The first-order valence-electron chi connectivity index (χ1n) is 5.67. The highest BCUT2D eigenvalue weighted by Crippen LogP contribution is 2.09. The lowest BCUT2D eigenvalue weighted by molar-refractivity contribution is 0.888. The van der Waals surface area contributed by atoms with Crippen LogP contribution < -0.4 is 15.8 Å². The van der Waals surface area contributed by atoms with Crippen molar-refractivity contribution >= 4 is 28.7 Å². The summed E-state index contributed by atoms with van der Waals surface area (Å²) >= 11 is 5.25. The molecule has 0 unspecified atom stereocenters. The molecule has 2 aromatic carbocycles. The van der Waals surface area contributed by atoms with Gasteiger partial charge in [0.05, 0.1) is 5.69 Å². The molecular weight excluding hydrogens is 242 g/mol. The van der Waals surface area contributed by atoms with Crippen molar-refractivity contribution in [1.82, 2.24) is 5.43 Å². The van der Waals surface area contributed by atoms with Crippen LogP contribution in [0.5, 0.6) is 0 Å². The first-order chi connectivity index (χ1) is 8.75. The summed E-state index contributed by atoms with van der Waals surface area (Å²) in [6.07, 6.45) is 0. The zero-order chi connectivity index (χ0) is 12.8. The Kier molecular flexibility index (Phi) is 4.15. The normalized spacial score (nSPS) is 9.61. The van der Waals surface area contributed by atoms with Crippen molar-refractivity contribution in [3.8, 4) is 0 Å². The number of para-hydroxylation sites is 2. The molecule has 0 spiro atoms. The van der Waals surface area contributed by atoms with E-state index in [1.165, 1.54) is 0 Å². The fourth-order valence-electron chi connectivity index (χ4n) is 1.55. The Labute approximate surface area is 112 Å². The van der Waals surface area contributed by atoms with Crippen LogP contribution in [0.2, 0.25) is 0 Å². The quantitative estimate of drug-likeness (QED) is 0.653. The van der Waals surface area contributed by atoms with Crippen molar-refractivity contribution in [3.63, 3.8) is 0 Å². The Hall–Kier alpha value is -2.07. The van der Waals surface area contributed by atoms with Crippen LogP contribution in [0.3, 0.4) is 0 Å². The lowest BCUT2D eigenvalue weighted by Gasteiger charge is -2.22. The largest absolute Gasteiger partial charge is 0.331 e. The number of rotatable bonds is 3. The molecule has 0 atom stereocenters. The third-order valence-electron chi connectivity index (χ3n) is 2.44. The lowest BCUT2D eigenvalue weighted by atomic mass is 10.3. The summed E-state index contributed by atoms with van der Waals surface area (Å²) in [7, 11) is 1.92. The second-order valence-electron chi connectivity index (χ2n) is 3.83. The van der Waals surface area contributed by atoms with E-state index in [1.54, 1.807) is 0 Å². The zero-order valence-corrected chi connectivity index (χ0v) is 10.9. The van der Waals surface area contributed by atoms with Gasteiger partial charge in [0.2, 0.25) is 0 Å². The van der Waals surface area contributed by atoms with Crippen LogP contribution in [-0.4, -0.2) is 12.2 Å². The maximum atomic E-state index is 5.25. The SMILES string of the molecule is CN(NC(=S)Nc1ccccc1)c1ccccc1. The van der Waals surface area contributed by atoms with E-state index < -0.39 is 0 Å². The van der Waals surface area contributed by atoms with E-state index in [2.05, 4.69) is 10.7 Å². The third-order valence-corrected chi connectivity index (χ3v) is 2.64. The first kappa shape index (κ1) is 12.4. The second kappa shape index (κ2) is 6.02. The van der Waals surface area contributed by atoms with Gasteiger partial charge < -0.3 is 5.32 Å². The average Bonchev–Trinajstić information content (AvgIpc) is 2.40. The minimum absolute atomic E-state index is 0.563. The van der Waals surface area contributed by atoms with Crippen LogP contribution in [0.1, 0.15) is 0 Å². The van der Waals surface area contributed by atoms with Crippen LogP contribution in [0.25, 0.3) is 0 Å². The smallest absolute Gasteiger partial charge is 0.189 e. The van der Waals surface area contributed by atoms with Gasteiger partial charge in [-0.25, -0.2) is 0 Å². The van der Waals surface area contributed by atoms with E-state index in [-0.39, 0.29) is 0 Å². The molecule has 0 aromatic heterocycles. The molecule has 4 heteroatoms. The predicted octanol–water partition coefficient (Wildman–Crippen LogP) is 3.02. The molecule has 0 bridgehead atoms. The van der Waals surface area contributed by atoms with Crippen molar-refractivity contribution in [3.05, 3.63) is 60.7 Å². The molecule has 3 nitrogen and oxygen atoms in total. The molecule has 0 aliphatic rings. The van der Waals surface area contributed by atoms with Gasteiger partial charge in [0, 0.05) is 12.7 Å². The van der Waals surface area contributed by atoms with Crippen LogP contribution in [0.15, 0.2) is 60.7 Å². The van der Waals surface area contributed by atoms with Crippen LogP contribution >= 0.6 is 12.2 Å². The molecule has 2 N–H and O–H groups in total. The monoisotopic (exact) mass is 257 g/mol. The number of hydrogen-bond acceptors (Lipinski definition) is 2. The lowest BCUT2D eigenvalue weighted by Crippen LogP contribution is -2.41. The summed E-state index contributed by atoms with van der Waals surface area (Å²) in [4.78, 5) is 0. The number of benzene rings is 2. The van der Waals surface area contributed by atoms with Gasteiger partial charge in [0.1, 0.15) is 0 Å².